The number of aromatic nitrogens is 1. The van der Waals surface area contributed by atoms with E-state index in [4.69, 9.17) is 10.5 Å². The number of sulfonamides is 1. The molecule has 0 spiro atoms. The van der Waals surface area contributed by atoms with Gasteiger partial charge in [-0.1, -0.05) is 6.07 Å². The van der Waals surface area contributed by atoms with Gasteiger partial charge in [-0.25, -0.2) is 22.3 Å². The Morgan fingerprint density at radius 3 is 2.63 bits per heavy atom. The SMILES string of the molecule is CC(N)OC(=O)C(=O)Oc1c[nH]c2ccc(CS(=O)(=O)N3CCCC3)cc12. The number of nitrogens with one attached hydrogen (secondary N) is 1. The first-order chi connectivity index (χ1) is 12.8. The number of H-pyrrole nitrogens is 1. The van der Waals surface area contributed by atoms with E-state index in [1.165, 1.54) is 17.4 Å². The molecule has 1 aromatic heterocycles. The molecule has 1 unspecified atom stereocenters. The smallest absolute Gasteiger partial charge is 0.422 e. The summed E-state index contributed by atoms with van der Waals surface area (Å²) in [6, 6.07) is 5.02. The lowest BCUT2D eigenvalue weighted by molar-refractivity contribution is -0.165. The van der Waals surface area contributed by atoms with Crippen LogP contribution in [0.2, 0.25) is 0 Å². The van der Waals surface area contributed by atoms with Gasteiger partial charge in [0.25, 0.3) is 0 Å². The van der Waals surface area contributed by atoms with E-state index in [9.17, 15) is 18.0 Å². The van der Waals surface area contributed by atoms with Crippen molar-refractivity contribution < 1.29 is 27.5 Å². The average Bonchev–Trinajstić information content (AvgIpc) is 3.24. The highest BCUT2D eigenvalue weighted by molar-refractivity contribution is 7.88. The van der Waals surface area contributed by atoms with Gasteiger partial charge in [0.15, 0.2) is 5.75 Å². The van der Waals surface area contributed by atoms with Crippen molar-refractivity contribution in [2.75, 3.05) is 13.1 Å². The van der Waals surface area contributed by atoms with Crippen molar-refractivity contribution >= 4 is 32.9 Å². The van der Waals surface area contributed by atoms with Gasteiger partial charge in [0.2, 0.25) is 10.0 Å². The molecule has 27 heavy (non-hydrogen) atoms. The lowest BCUT2D eigenvalue weighted by Gasteiger charge is -2.15. The molecule has 146 valence electrons. The molecule has 2 heterocycles. The van der Waals surface area contributed by atoms with Gasteiger partial charge in [-0.2, -0.15) is 0 Å². The fourth-order valence-electron chi connectivity index (χ4n) is 2.94. The molecular formula is C17H21N3O6S. The Hall–Kier alpha value is -2.43. The monoisotopic (exact) mass is 395 g/mol. The maximum Gasteiger partial charge on any atom is 0.422 e. The van der Waals surface area contributed by atoms with E-state index in [0.29, 0.717) is 29.6 Å². The first-order valence-corrected chi connectivity index (χ1v) is 10.1. The largest absolute Gasteiger partial charge is 0.439 e. The lowest BCUT2D eigenvalue weighted by atomic mass is 10.2. The predicted molar refractivity (Wildman–Crippen MR) is 97.1 cm³/mol. The minimum Gasteiger partial charge on any atom is -0.439 e. The highest BCUT2D eigenvalue weighted by Gasteiger charge is 2.26. The molecule has 10 heteroatoms. The van der Waals surface area contributed by atoms with Gasteiger partial charge in [-0.15, -0.1) is 0 Å². The molecule has 1 saturated heterocycles. The number of hydrogen-bond donors (Lipinski definition) is 2. The van der Waals surface area contributed by atoms with Gasteiger partial charge in [0.1, 0.15) is 6.23 Å². The Morgan fingerprint density at radius 1 is 1.26 bits per heavy atom. The molecule has 1 aromatic carbocycles. The Morgan fingerprint density at radius 2 is 1.96 bits per heavy atom. The normalized spacial score (nSPS) is 16.4. The van der Waals surface area contributed by atoms with Crippen LogP contribution in [0.15, 0.2) is 24.4 Å². The third-order valence-electron chi connectivity index (χ3n) is 4.18. The fourth-order valence-corrected chi connectivity index (χ4v) is 4.54. The molecule has 9 nitrogen and oxygen atoms in total. The van der Waals surface area contributed by atoms with Crippen molar-refractivity contribution in [1.82, 2.24) is 9.29 Å². The fraction of sp³-hybridized carbons (Fsp3) is 0.412. The van der Waals surface area contributed by atoms with Gasteiger partial charge in [0, 0.05) is 30.2 Å². The van der Waals surface area contributed by atoms with E-state index in [0.717, 1.165) is 12.8 Å². The predicted octanol–water partition coefficient (Wildman–Crippen LogP) is 0.847. The topological polar surface area (TPSA) is 132 Å². The van der Waals surface area contributed by atoms with Crippen molar-refractivity contribution in [2.24, 2.45) is 5.73 Å². The second-order valence-electron chi connectivity index (χ2n) is 6.40. The highest BCUT2D eigenvalue weighted by atomic mass is 32.2. The Kier molecular flexibility index (Phi) is 5.49. The summed E-state index contributed by atoms with van der Waals surface area (Å²) in [6.07, 6.45) is 2.22. The molecule has 0 saturated carbocycles. The minimum absolute atomic E-state index is 0.108. The number of rotatable bonds is 5. The molecule has 0 bridgehead atoms. The molecule has 0 amide bonds. The summed E-state index contributed by atoms with van der Waals surface area (Å²) in [5.74, 6) is -2.44. The molecule has 2 aromatic rings. The number of aromatic amines is 1. The van der Waals surface area contributed by atoms with Crippen LogP contribution in [0.3, 0.4) is 0 Å². The van der Waals surface area contributed by atoms with Crippen LogP contribution in [-0.4, -0.2) is 49.0 Å². The minimum atomic E-state index is -3.40. The first kappa shape index (κ1) is 19.3. The number of ether oxygens (including phenoxy) is 2. The van der Waals surface area contributed by atoms with E-state index >= 15 is 0 Å². The van der Waals surface area contributed by atoms with E-state index in [-0.39, 0.29) is 11.5 Å². The summed E-state index contributed by atoms with van der Waals surface area (Å²) in [7, 11) is -3.40. The van der Waals surface area contributed by atoms with Crippen molar-refractivity contribution in [2.45, 2.75) is 31.7 Å². The van der Waals surface area contributed by atoms with E-state index in [2.05, 4.69) is 9.72 Å². The van der Waals surface area contributed by atoms with Crippen molar-refractivity contribution in [3.8, 4) is 5.75 Å². The zero-order valence-electron chi connectivity index (χ0n) is 14.8. The lowest BCUT2D eigenvalue weighted by Crippen LogP contribution is -2.30. The second-order valence-corrected chi connectivity index (χ2v) is 8.36. The third kappa shape index (κ3) is 4.46. The molecule has 0 aliphatic carbocycles. The zero-order chi connectivity index (χ0) is 19.6. The second kappa shape index (κ2) is 7.67. The molecule has 1 aliphatic rings. The van der Waals surface area contributed by atoms with Crippen LogP contribution >= 0.6 is 0 Å². The zero-order valence-corrected chi connectivity index (χ0v) is 15.6. The van der Waals surface area contributed by atoms with Crippen LogP contribution in [-0.2, 0) is 30.1 Å². The van der Waals surface area contributed by atoms with Crippen LogP contribution < -0.4 is 10.5 Å². The number of nitrogens with zero attached hydrogens (tertiary/aromatic N) is 1. The standard InChI is InChI=1S/C17H21N3O6S/c1-11(18)25-16(21)17(22)26-15-9-19-14-5-4-12(8-13(14)15)10-27(23,24)20-6-2-3-7-20/h4-5,8-9,11,19H,2-3,6-7,10,18H2,1H3. The van der Waals surface area contributed by atoms with Gasteiger partial charge < -0.3 is 14.5 Å². The molecule has 0 radical (unpaired) electrons. The molecule has 3 N–H and O–H groups in total. The highest BCUT2D eigenvalue weighted by Crippen LogP contribution is 2.28. The van der Waals surface area contributed by atoms with Gasteiger partial charge in [-0.05, 0) is 37.5 Å². The number of nitrogens with two attached hydrogens (primary N) is 1. The van der Waals surface area contributed by atoms with Crippen LogP contribution in [0.25, 0.3) is 10.9 Å². The summed E-state index contributed by atoms with van der Waals surface area (Å²) >= 11 is 0. The maximum absolute atomic E-state index is 12.5. The van der Waals surface area contributed by atoms with E-state index < -0.39 is 28.2 Å². The van der Waals surface area contributed by atoms with E-state index in [1.54, 1.807) is 18.2 Å². The number of carbonyl (C=O) groups is 2. The number of esters is 2. The Balaban J connectivity index is 1.79. The van der Waals surface area contributed by atoms with E-state index in [1.807, 2.05) is 0 Å². The van der Waals surface area contributed by atoms with Gasteiger partial charge in [-0.3, -0.25) is 5.73 Å². The van der Waals surface area contributed by atoms with Gasteiger partial charge in [0.05, 0.1) is 5.75 Å². The number of benzene rings is 1. The molecule has 1 fully saturated rings. The molecule has 1 atom stereocenters. The number of fused-ring (bicyclic) bond motifs is 1. The molecule has 3 rings (SSSR count). The van der Waals surface area contributed by atoms with Crippen molar-refractivity contribution in [3.63, 3.8) is 0 Å². The number of hydrogen-bond acceptors (Lipinski definition) is 7. The molecule has 1 aliphatic heterocycles. The number of carbonyl (C=O) groups excluding carboxylic acids is 2. The summed E-state index contributed by atoms with van der Waals surface area (Å²) in [4.78, 5) is 26.3. The summed E-state index contributed by atoms with van der Waals surface area (Å²) in [6.45, 7) is 2.49. The van der Waals surface area contributed by atoms with Crippen molar-refractivity contribution in [3.05, 3.63) is 30.0 Å². The maximum atomic E-state index is 12.5. The van der Waals surface area contributed by atoms with Crippen LogP contribution in [0.5, 0.6) is 5.75 Å². The van der Waals surface area contributed by atoms with Crippen LogP contribution in [0.1, 0.15) is 25.3 Å². The third-order valence-corrected chi connectivity index (χ3v) is 6.03. The van der Waals surface area contributed by atoms with Crippen LogP contribution in [0, 0.1) is 0 Å². The van der Waals surface area contributed by atoms with Gasteiger partial charge >= 0.3 is 11.9 Å². The Bertz CT molecular complexity index is 960. The average molecular weight is 395 g/mol. The molecular weight excluding hydrogens is 374 g/mol. The van der Waals surface area contributed by atoms with Crippen LogP contribution in [0.4, 0.5) is 0 Å². The van der Waals surface area contributed by atoms with Crippen molar-refractivity contribution in [1.29, 1.82) is 0 Å². The quantitative estimate of drug-likeness (QED) is 0.436. The Labute approximate surface area is 156 Å². The summed E-state index contributed by atoms with van der Waals surface area (Å²) < 4.78 is 36.1. The summed E-state index contributed by atoms with van der Waals surface area (Å²) in [5, 5.41) is 0.492. The summed E-state index contributed by atoms with van der Waals surface area (Å²) in [5.41, 5.74) is 6.51. The first-order valence-electron chi connectivity index (χ1n) is 8.52.